The van der Waals surface area contributed by atoms with Crippen LogP contribution in [0.1, 0.15) is 104 Å². The number of primary sulfonamides is 1. The van der Waals surface area contributed by atoms with E-state index in [0.717, 1.165) is 11.1 Å². The Morgan fingerprint density at radius 1 is 0.831 bits per heavy atom. The van der Waals surface area contributed by atoms with E-state index in [9.17, 15) is 12.6 Å². The number of ether oxygens (including phenoxy) is 6. The highest BCUT2D eigenvalue weighted by Gasteiger charge is 2.47. The molecule has 5 rings (SSSR count). The van der Waals surface area contributed by atoms with Crippen molar-refractivity contribution in [2.45, 2.75) is 142 Å². The van der Waals surface area contributed by atoms with Gasteiger partial charge >= 0.3 is 5.96 Å². The van der Waals surface area contributed by atoms with Crippen molar-refractivity contribution < 1.29 is 50.6 Å². The van der Waals surface area contributed by atoms with Gasteiger partial charge < -0.3 is 33.9 Å². The molecule has 0 amide bonds. The van der Waals surface area contributed by atoms with E-state index < -0.39 is 54.2 Å². The number of nitrogens with two attached hydrogens (primary N) is 2. The molecule has 5 atom stereocenters. The summed E-state index contributed by atoms with van der Waals surface area (Å²) in [6, 6.07) is -0.195. The summed E-state index contributed by atoms with van der Waals surface area (Å²) in [5.41, 5.74) is 1.83. The minimum atomic E-state index is -3.71. The molecule has 0 bridgehead atoms. The maximum absolute atomic E-state index is 13.5. The number of rotatable bonds is 12. The van der Waals surface area contributed by atoms with Crippen molar-refractivity contribution in [2.75, 3.05) is 26.4 Å². The minimum absolute atomic E-state index is 0. The van der Waals surface area contributed by atoms with Crippen LogP contribution < -0.4 is 15.7 Å². The fourth-order valence-corrected chi connectivity index (χ4v) is 7.69. The summed E-state index contributed by atoms with van der Waals surface area (Å²) in [5, 5.41) is 6.05. The molecule has 1 unspecified atom stereocenters. The summed E-state index contributed by atoms with van der Waals surface area (Å²) < 4.78 is 74.0. The van der Waals surface area contributed by atoms with Gasteiger partial charge in [-0.2, -0.15) is 14.8 Å². The Kier molecular flexibility index (Phi) is 19.6. The largest absolute Gasteiger partial charge is 0.429 e. The number of nitrogens with one attached hydrogen (secondary N) is 1. The van der Waals surface area contributed by atoms with Crippen LogP contribution in [0, 0.1) is 13.8 Å². The molecule has 2 fully saturated rings. The number of guanidine groups is 1. The van der Waals surface area contributed by atoms with Gasteiger partial charge in [-0.1, -0.05) is 4.05 Å². The van der Waals surface area contributed by atoms with Crippen molar-refractivity contribution in [3.8, 4) is 0 Å². The highest BCUT2D eigenvalue weighted by Crippen LogP contribution is 2.28. The van der Waals surface area contributed by atoms with Crippen molar-refractivity contribution >= 4 is 43.3 Å². The molecule has 3 aliphatic heterocycles. The predicted octanol–water partition coefficient (Wildman–Crippen LogP) is 2.36. The quantitative estimate of drug-likeness (QED) is 0.119. The average molecular weight is 892 g/mol. The lowest BCUT2D eigenvalue weighted by Gasteiger charge is -2.33. The molecule has 0 saturated carbocycles. The van der Waals surface area contributed by atoms with Crippen molar-refractivity contribution in [1.82, 2.24) is 24.7 Å². The van der Waals surface area contributed by atoms with E-state index in [-0.39, 0.29) is 29.8 Å². The minimum Gasteiger partial charge on any atom is -0.412 e. The lowest BCUT2D eigenvalue weighted by molar-refractivity contribution is -0.415. The fraction of sp³-hybridized carbons (Fsp3) is 0.722. The SMILES string of the molecule is CC1(C)OCC(N=C=S)CO1.Cc1cnc([C@H](OC(C)C)[C@H](C)S(N)(=O)=O)nc1.Cc1cnc([C@H](OC(C)C)[C@H](C)S2(=O)=[N+](N)C(=NC3COC(C)(C)OC3)N2)nc1.O. The zero-order valence-electron chi connectivity index (χ0n) is 35.9. The topological polar surface area (TPSA) is 281 Å². The third kappa shape index (κ3) is 15.7. The molecule has 2 aromatic rings. The standard InChI is InChI=1S/C18H30N6O4S.C11H19N3O3S.C7H11NO2S.H2O/c1-11(2)28-15(16-20-7-12(3)8-21-16)13(4)29(25)23-17(24(29)19)22-14-9-26-18(5,6)27-10-14;1-7(2)17-10(9(4)18(12,15)16)11-13-5-8(3)6-14-11;1-7(2)9-3-6(4-10-7)8-5-11;/h7-8,11,13-15H,9-10,19H2,1-6H3;5-7,9-10H,1-4H3,(H2,12,15,16);6H,3-4H2,1-2H3;1H2/p+1/t13-,15+,29?;9-,10+;;/m00../s1. The number of nitrogens with zero attached hydrogens (tertiary/aromatic N) is 7. The summed E-state index contributed by atoms with van der Waals surface area (Å²) in [6.07, 6.45) is 5.06. The molecule has 0 spiro atoms. The Morgan fingerprint density at radius 2 is 1.22 bits per heavy atom. The van der Waals surface area contributed by atoms with Crippen molar-refractivity contribution in [2.24, 2.45) is 21.0 Å². The average Bonchev–Trinajstić information content (AvgIpc) is 3.14. The van der Waals surface area contributed by atoms with Gasteiger partial charge in [-0.05, 0) is 106 Å². The molecule has 2 saturated heterocycles. The van der Waals surface area contributed by atoms with Crippen LogP contribution in [0.4, 0.5) is 0 Å². The van der Waals surface area contributed by atoms with E-state index in [1.54, 1.807) is 31.7 Å². The van der Waals surface area contributed by atoms with E-state index in [1.807, 2.05) is 69.2 Å². The lowest BCUT2D eigenvalue weighted by atomic mass is 10.2. The zero-order valence-corrected chi connectivity index (χ0v) is 38.4. The van der Waals surface area contributed by atoms with Crippen molar-refractivity contribution in [3.63, 3.8) is 0 Å². The van der Waals surface area contributed by atoms with E-state index in [1.165, 1.54) is 11.0 Å². The first-order chi connectivity index (χ1) is 26.9. The highest BCUT2D eigenvalue weighted by atomic mass is 32.2. The summed E-state index contributed by atoms with van der Waals surface area (Å²) in [4.78, 5) is 25.3. The van der Waals surface area contributed by atoms with Gasteiger partial charge in [0, 0.05) is 24.8 Å². The smallest absolute Gasteiger partial charge is 0.412 e. The van der Waals surface area contributed by atoms with Gasteiger partial charge in [0.1, 0.15) is 28.7 Å². The fourth-order valence-electron chi connectivity index (χ4n) is 5.22. The molecule has 23 heteroatoms. The van der Waals surface area contributed by atoms with Gasteiger partial charge in [-0.3, -0.25) is 0 Å². The molecule has 0 aliphatic carbocycles. The normalized spacial score (nSPS) is 23.1. The Balaban J connectivity index is 0.000000340. The van der Waals surface area contributed by atoms with Gasteiger partial charge in [0.2, 0.25) is 19.9 Å². The summed E-state index contributed by atoms with van der Waals surface area (Å²) in [7, 11) is -6.54. The number of sulfonamides is 1. The van der Waals surface area contributed by atoms with Gasteiger partial charge in [-0.25, -0.2) is 38.5 Å². The van der Waals surface area contributed by atoms with Crippen LogP contribution >= 0.6 is 12.2 Å². The molecule has 59 heavy (non-hydrogen) atoms. The molecule has 7 N–H and O–H groups in total. The number of thiocarbonyl (C=S) groups is 1. The Hall–Kier alpha value is -3.03. The second-order valence-corrected chi connectivity index (χ2v) is 20.1. The molecule has 5 heterocycles. The van der Waals surface area contributed by atoms with E-state index in [0.29, 0.717) is 44.0 Å². The van der Waals surface area contributed by atoms with Crippen LogP contribution in [-0.4, -0.2) is 126 Å². The van der Waals surface area contributed by atoms with Gasteiger partial charge in [0.05, 0.1) is 43.8 Å². The number of hydrogen-bond acceptors (Lipinski definition) is 17. The summed E-state index contributed by atoms with van der Waals surface area (Å²) >= 11 is 4.46. The highest BCUT2D eigenvalue weighted by molar-refractivity contribution is 7.91. The Bertz CT molecular complexity index is 1950. The third-order valence-corrected chi connectivity index (χ3v) is 12.5. The number of isothiocyanates is 1. The van der Waals surface area contributed by atoms with Gasteiger partial charge in [-0.15, -0.1) is 4.99 Å². The molecule has 20 nitrogen and oxygen atoms in total. The number of aromatic nitrogens is 4. The Labute approximate surface area is 353 Å². The van der Waals surface area contributed by atoms with E-state index in [4.69, 9.17) is 39.4 Å². The summed E-state index contributed by atoms with van der Waals surface area (Å²) in [6.45, 7) is 23.9. The number of hydrazine groups is 1. The molecular formula is C36H63N10O10S3+. The van der Waals surface area contributed by atoms with Crippen molar-refractivity contribution in [3.05, 3.63) is 47.6 Å². The molecule has 2 aromatic heterocycles. The van der Waals surface area contributed by atoms with Crippen LogP contribution in [0.25, 0.3) is 0 Å². The first-order valence-corrected chi connectivity index (χ1v) is 22.4. The maximum atomic E-state index is 13.5. The molecule has 334 valence electrons. The number of aryl methyl sites for hydroxylation is 2. The van der Waals surface area contributed by atoms with Crippen LogP contribution in [0.3, 0.4) is 0 Å². The monoisotopic (exact) mass is 891 g/mol. The van der Waals surface area contributed by atoms with E-state index in [2.05, 4.69) is 52.0 Å². The number of hydrogen-bond donors (Lipinski definition) is 3. The zero-order chi connectivity index (χ0) is 43.6. The van der Waals surface area contributed by atoms with Gasteiger partial charge in [0.25, 0.3) is 0 Å². The second-order valence-electron chi connectivity index (χ2n) is 15.5. The van der Waals surface area contributed by atoms with Crippen LogP contribution in [0.2, 0.25) is 0 Å². The van der Waals surface area contributed by atoms with Crippen LogP contribution in [0.5, 0.6) is 0 Å². The van der Waals surface area contributed by atoms with Crippen molar-refractivity contribution in [1.29, 1.82) is 0 Å². The molecular weight excluding hydrogens is 829 g/mol. The van der Waals surface area contributed by atoms with Crippen LogP contribution in [0.15, 0.2) is 34.8 Å². The first kappa shape index (κ1) is 52.1. The van der Waals surface area contributed by atoms with Crippen LogP contribution in [-0.2, 0) is 48.4 Å². The molecule has 3 aliphatic rings. The number of aliphatic imine (C=N–C) groups is 2. The van der Waals surface area contributed by atoms with Gasteiger partial charge in [0.15, 0.2) is 29.3 Å². The third-order valence-electron chi connectivity index (χ3n) is 8.60. The molecule has 0 radical (unpaired) electrons. The second kappa shape index (κ2) is 22.2. The predicted molar refractivity (Wildman–Crippen MR) is 225 cm³/mol. The Morgan fingerprint density at radius 3 is 1.59 bits per heavy atom. The van der Waals surface area contributed by atoms with E-state index >= 15 is 0 Å². The maximum Gasteiger partial charge on any atom is 0.429 e. The molecule has 0 aromatic carbocycles. The first-order valence-electron chi connectivity index (χ1n) is 18.8. The summed E-state index contributed by atoms with van der Waals surface area (Å²) in [5.74, 6) is 6.18. The lowest BCUT2D eigenvalue weighted by Crippen LogP contribution is -2.63.